The second kappa shape index (κ2) is 6.01. The van der Waals surface area contributed by atoms with Crippen molar-refractivity contribution >= 4 is 5.65 Å². The fourth-order valence-electron chi connectivity index (χ4n) is 2.66. The molecule has 4 aromatic rings. The topological polar surface area (TPSA) is 43.1 Å². The summed E-state index contributed by atoms with van der Waals surface area (Å²) in [5, 5.41) is 0. The van der Waals surface area contributed by atoms with Gasteiger partial charge in [-0.05, 0) is 30.3 Å². The molecule has 0 aliphatic heterocycles. The van der Waals surface area contributed by atoms with Crippen molar-refractivity contribution in [3.8, 4) is 22.5 Å². The van der Waals surface area contributed by atoms with E-state index in [1.807, 2.05) is 28.8 Å². The molecule has 4 nitrogen and oxygen atoms in total. The lowest BCUT2D eigenvalue weighted by atomic mass is 10.0. The van der Waals surface area contributed by atoms with Gasteiger partial charge in [-0.25, -0.2) is 23.1 Å². The van der Waals surface area contributed by atoms with Gasteiger partial charge < -0.3 is 4.40 Å². The third-order valence-electron chi connectivity index (χ3n) is 3.83. The van der Waals surface area contributed by atoms with Gasteiger partial charge in [0.2, 0.25) is 0 Å². The van der Waals surface area contributed by atoms with Crippen molar-refractivity contribution in [3.05, 3.63) is 72.7 Å². The van der Waals surface area contributed by atoms with E-state index >= 15 is 0 Å². The van der Waals surface area contributed by atoms with Gasteiger partial charge in [0.1, 0.15) is 11.3 Å². The van der Waals surface area contributed by atoms with Crippen LogP contribution in [0.3, 0.4) is 0 Å². The number of imidazole rings is 1. The van der Waals surface area contributed by atoms with Crippen LogP contribution < -0.4 is 0 Å². The van der Waals surface area contributed by atoms with Crippen LogP contribution in [0.15, 0.2) is 61.2 Å². The van der Waals surface area contributed by atoms with Crippen LogP contribution in [0.2, 0.25) is 0 Å². The van der Waals surface area contributed by atoms with Crippen LogP contribution >= 0.6 is 0 Å². The summed E-state index contributed by atoms with van der Waals surface area (Å²) in [7, 11) is 0. The van der Waals surface area contributed by atoms with Gasteiger partial charge in [0.25, 0.3) is 6.43 Å². The molecule has 4 heterocycles. The van der Waals surface area contributed by atoms with E-state index in [-0.39, 0.29) is 5.69 Å². The lowest BCUT2D eigenvalue weighted by Crippen LogP contribution is -1.99. The zero-order valence-corrected chi connectivity index (χ0v) is 12.8. The van der Waals surface area contributed by atoms with E-state index in [9.17, 15) is 13.2 Å². The Balaban J connectivity index is 1.88. The van der Waals surface area contributed by atoms with Gasteiger partial charge >= 0.3 is 0 Å². The van der Waals surface area contributed by atoms with Crippen LogP contribution in [0.25, 0.3) is 28.2 Å². The Hall–Kier alpha value is -3.22. The van der Waals surface area contributed by atoms with Crippen molar-refractivity contribution in [2.45, 2.75) is 6.43 Å². The van der Waals surface area contributed by atoms with E-state index in [1.165, 1.54) is 6.07 Å². The van der Waals surface area contributed by atoms with Crippen molar-refractivity contribution in [3.63, 3.8) is 0 Å². The molecule has 0 radical (unpaired) electrons. The number of rotatable bonds is 3. The number of hydrogen-bond donors (Lipinski definition) is 0. The molecule has 0 atom stereocenters. The predicted octanol–water partition coefficient (Wildman–Crippen LogP) is 4.54. The minimum absolute atomic E-state index is 0.193. The highest BCUT2D eigenvalue weighted by molar-refractivity contribution is 5.79. The molecule has 25 heavy (non-hydrogen) atoms. The van der Waals surface area contributed by atoms with Crippen molar-refractivity contribution < 1.29 is 13.2 Å². The Kier molecular flexibility index (Phi) is 3.68. The van der Waals surface area contributed by atoms with Crippen molar-refractivity contribution in [1.82, 2.24) is 19.4 Å². The van der Waals surface area contributed by atoms with Gasteiger partial charge in [-0.2, -0.15) is 0 Å². The van der Waals surface area contributed by atoms with Crippen LogP contribution in [0.1, 0.15) is 12.1 Å². The maximum absolute atomic E-state index is 13.5. The van der Waals surface area contributed by atoms with E-state index in [2.05, 4.69) is 15.0 Å². The molecule has 0 fully saturated rings. The molecule has 0 aliphatic rings. The maximum atomic E-state index is 13.5. The van der Waals surface area contributed by atoms with Crippen molar-refractivity contribution in [2.75, 3.05) is 0 Å². The van der Waals surface area contributed by atoms with Crippen LogP contribution in [0, 0.1) is 5.82 Å². The first kappa shape index (κ1) is 15.3. The lowest BCUT2D eigenvalue weighted by Gasteiger charge is -2.10. The first-order valence-corrected chi connectivity index (χ1v) is 7.46. The fraction of sp³-hybridized carbons (Fsp3) is 0.0556. The third-order valence-corrected chi connectivity index (χ3v) is 3.83. The summed E-state index contributed by atoms with van der Waals surface area (Å²) in [5.74, 6) is -1.03. The van der Waals surface area contributed by atoms with Crippen LogP contribution in [-0.4, -0.2) is 19.4 Å². The zero-order chi connectivity index (χ0) is 17.4. The second-order valence-electron chi connectivity index (χ2n) is 5.37. The van der Waals surface area contributed by atoms with E-state index in [4.69, 9.17) is 0 Å². The summed E-state index contributed by atoms with van der Waals surface area (Å²) in [4.78, 5) is 12.2. The molecule has 0 spiro atoms. The highest BCUT2D eigenvalue weighted by atomic mass is 19.3. The molecule has 4 aromatic heterocycles. The normalized spacial score (nSPS) is 11.4. The van der Waals surface area contributed by atoms with Gasteiger partial charge in [0.15, 0.2) is 5.82 Å². The summed E-state index contributed by atoms with van der Waals surface area (Å²) in [6, 6.07) is 9.60. The number of hydrogen-bond acceptors (Lipinski definition) is 3. The number of halogens is 3. The maximum Gasteiger partial charge on any atom is 0.283 e. The molecule has 0 unspecified atom stereocenters. The molecule has 7 heteroatoms. The Bertz CT molecular complexity index is 1060. The monoisotopic (exact) mass is 340 g/mol. The average molecular weight is 340 g/mol. The highest BCUT2D eigenvalue weighted by Gasteiger charge is 2.18. The number of pyridine rings is 3. The number of nitrogens with zero attached hydrogens (tertiary/aromatic N) is 4. The van der Waals surface area contributed by atoms with Crippen LogP contribution in [-0.2, 0) is 0 Å². The molecule has 0 saturated carbocycles. The molecular weight excluding hydrogens is 329 g/mol. The largest absolute Gasteiger partial charge is 0.306 e. The smallest absolute Gasteiger partial charge is 0.283 e. The first-order chi connectivity index (χ1) is 12.1. The quantitative estimate of drug-likeness (QED) is 0.550. The van der Waals surface area contributed by atoms with Gasteiger partial charge in [-0.15, -0.1) is 0 Å². The van der Waals surface area contributed by atoms with E-state index < -0.39 is 17.9 Å². The summed E-state index contributed by atoms with van der Waals surface area (Å²) < 4.78 is 41.3. The second-order valence-corrected chi connectivity index (χ2v) is 5.37. The molecule has 0 amide bonds. The zero-order valence-electron chi connectivity index (χ0n) is 12.8. The minimum atomic E-state index is -2.99. The Morgan fingerprint density at radius 3 is 2.68 bits per heavy atom. The number of alkyl halides is 2. The van der Waals surface area contributed by atoms with Crippen LogP contribution in [0.4, 0.5) is 13.2 Å². The summed E-state index contributed by atoms with van der Waals surface area (Å²) >= 11 is 0. The standard InChI is InChI=1S/C18H11F3N4/c19-13-4-5-14(24-17(13)18(20)21)16-12(2-1-7-23-16)11-3-6-15-22-8-9-25(15)10-11/h1-10,18H. The SMILES string of the molecule is Fc1ccc(-c2ncccc2-c2ccc3nccn3c2)nc1C(F)F. The predicted molar refractivity (Wildman–Crippen MR) is 86.6 cm³/mol. The van der Waals surface area contributed by atoms with E-state index in [0.29, 0.717) is 11.3 Å². The first-order valence-electron chi connectivity index (χ1n) is 7.46. The van der Waals surface area contributed by atoms with Crippen LogP contribution in [0.5, 0.6) is 0 Å². The van der Waals surface area contributed by atoms with E-state index in [1.54, 1.807) is 24.7 Å². The van der Waals surface area contributed by atoms with Gasteiger partial charge in [0.05, 0.1) is 11.4 Å². The highest BCUT2D eigenvalue weighted by Crippen LogP contribution is 2.31. The van der Waals surface area contributed by atoms with Gasteiger partial charge in [-0.1, -0.05) is 6.07 Å². The lowest BCUT2D eigenvalue weighted by molar-refractivity contribution is 0.140. The van der Waals surface area contributed by atoms with Gasteiger partial charge in [0, 0.05) is 35.9 Å². The Morgan fingerprint density at radius 1 is 0.960 bits per heavy atom. The molecule has 124 valence electrons. The molecule has 0 aromatic carbocycles. The molecule has 0 bridgehead atoms. The molecular formula is C18H11F3N4. The molecule has 0 N–H and O–H groups in total. The Morgan fingerprint density at radius 2 is 1.84 bits per heavy atom. The molecule has 0 saturated heterocycles. The Labute approximate surface area is 140 Å². The summed E-state index contributed by atoms with van der Waals surface area (Å²) in [5.41, 5.74) is 2.03. The minimum Gasteiger partial charge on any atom is -0.306 e. The molecule has 0 aliphatic carbocycles. The average Bonchev–Trinajstić information content (AvgIpc) is 3.09. The summed E-state index contributed by atoms with van der Waals surface area (Å²) in [6.07, 6.45) is 3.90. The van der Waals surface area contributed by atoms with Crippen molar-refractivity contribution in [1.29, 1.82) is 0 Å². The number of aromatic nitrogens is 4. The number of fused-ring (bicyclic) bond motifs is 1. The fourth-order valence-corrected chi connectivity index (χ4v) is 2.66. The third kappa shape index (κ3) is 2.73. The van der Waals surface area contributed by atoms with E-state index in [0.717, 1.165) is 17.3 Å². The van der Waals surface area contributed by atoms with Gasteiger partial charge in [-0.3, -0.25) is 4.98 Å². The van der Waals surface area contributed by atoms with Crippen molar-refractivity contribution in [2.24, 2.45) is 0 Å². The molecule has 4 rings (SSSR count). The summed E-state index contributed by atoms with van der Waals surface area (Å²) in [6.45, 7) is 0.